The molecule has 2 heteroatoms. The first-order chi connectivity index (χ1) is 7.72. The highest BCUT2D eigenvalue weighted by atomic mass is 79.9. The topological polar surface area (TPSA) is 12.0 Å². The monoisotopic (exact) mass is 283 g/mol. The minimum atomic E-state index is 0.594. The van der Waals surface area contributed by atoms with Crippen LogP contribution in [-0.2, 0) is 0 Å². The molecule has 0 amide bonds. The first-order valence-corrected chi connectivity index (χ1v) is 6.94. The van der Waals surface area contributed by atoms with Gasteiger partial charge in [0.25, 0.3) is 0 Å². The summed E-state index contributed by atoms with van der Waals surface area (Å²) in [7, 11) is 2.07. The second-order valence-electron chi connectivity index (χ2n) is 4.25. The van der Waals surface area contributed by atoms with Crippen LogP contribution in [0.4, 0.5) is 0 Å². The molecule has 0 spiro atoms. The maximum absolute atomic E-state index is 3.49. The van der Waals surface area contributed by atoms with Crippen molar-refractivity contribution in [1.82, 2.24) is 5.32 Å². The summed E-state index contributed by atoms with van der Waals surface area (Å²) in [6, 6.07) is 9.33. The van der Waals surface area contributed by atoms with Crippen LogP contribution in [0.25, 0.3) is 0 Å². The standard InChI is InChI=1S/C14H22BrN/c1-4-6-14(16-3)13(5-2)11-7-9-12(15)10-8-11/h7-10,13-14,16H,4-6H2,1-3H3. The highest BCUT2D eigenvalue weighted by Crippen LogP contribution is 2.26. The minimum Gasteiger partial charge on any atom is -0.316 e. The van der Waals surface area contributed by atoms with Gasteiger partial charge in [0.1, 0.15) is 0 Å². The number of hydrogen-bond donors (Lipinski definition) is 1. The van der Waals surface area contributed by atoms with Crippen molar-refractivity contribution >= 4 is 15.9 Å². The fourth-order valence-corrected chi connectivity index (χ4v) is 2.58. The molecular formula is C14H22BrN. The van der Waals surface area contributed by atoms with Crippen LogP contribution in [0.5, 0.6) is 0 Å². The Morgan fingerprint density at radius 1 is 1.19 bits per heavy atom. The SMILES string of the molecule is CCCC(NC)C(CC)c1ccc(Br)cc1. The fraction of sp³-hybridized carbons (Fsp3) is 0.571. The summed E-state index contributed by atoms with van der Waals surface area (Å²) in [6.07, 6.45) is 3.66. The fourth-order valence-electron chi connectivity index (χ4n) is 2.32. The highest BCUT2D eigenvalue weighted by molar-refractivity contribution is 9.10. The van der Waals surface area contributed by atoms with Crippen LogP contribution in [0, 0.1) is 0 Å². The second-order valence-corrected chi connectivity index (χ2v) is 5.17. The third kappa shape index (κ3) is 3.60. The zero-order valence-corrected chi connectivity index (χ0v) is 12.0. The van der Waals surface area contributed by atoms with E-state index >= 15 is 0 Å². The Hall–Kier alpha value is -0.340. The van der Waals surface area contributed by atoms with Gasteiger partial charge in [0.05, 0.1) is 0 Å². The summed E-state index contributed by atoms with van der Waals surface area (Å²) in [6.45, 7) is 4.52. The summed E-state index contributed by atoms with van der Waals surface area (Å²) in [4.78, 5) is 0. The largest absolute Gasteiger partial charge is 0.316 e. The molecular weight excluding hydrogens is 262 g/mol. The van der Waals surface area contributed by atoms with E-state index in [0.29, 0.717) is 12.0 Å². The van der Waals surface area contributed by atoms with Crippen molar-refractivity contribution in [3.05, 3.63) is 34.3 Å². The third-order valence-corrected chi connectivity index (χ3v) is 3.72. The Kier molecular flexibility index (Phi) is 6.07. The molecule has 90 valence electrons. The van der Waals surface area contributed by atoms with Gasteiger partial charge in [-0.15, -0.1) is 0 Å². The average molecular weight is 284 g/mol. The van der Waals surface area contributed by atoms with Crippen molar-refractivity contribution < 1.29 is 0 Å². The van der Waals surface area contributed by atoms with Gasteiger partial charge >= 0.3 is 0 Å². The molecule has 1 N–H and O–H groups in total. The number of nitrogens with one attached hydrogen (secondary N) is 1. The Morgan fingerprint density at radius 3 is 2.25 bits per heavy atom. The van der Waals surface area contributed by atoms with Crippen molar-refractivity contribution in [2.45, 2.75) is 45.1 Å². The predicted molar refractivity (Wildman–Crippen MR) is 74.9 cm³/mol. The van der Waals surface area contributed by atoms with Crippen molar-refractivity contribution in [1.29, 1.82) is 0 Å². The molecule has 0 saturated carbocycles. The quantitative estimate of drug-likeness (QED) is 0.819. The smallest absolute Gasteiger partial charge is 0.0175 e. The Bertz CT molecular complexity index is 294. The van der Waals surface area contributed by atoms with E-state index in [0.717, 1.165) is 4.47 Å². The molecule has 1 aromatic rings. The minimum absolute atomic E-state index is 0.594. The number of benzene rings is 1. The van der Waals surface area contributed by atoms with Gasteiger partial charge in [-0.2, -0.15) is 0 Å². The summed E-state index contributed by atoms with van der Waals surface area (Å²) in [5.41, 5.74) is 1.44. The molecule has 0 aromatic heterocycles. The van der Waals surface area contributed by atoms with Gasteiger partial charge in [-0.1, -0.05) is 48.3 Å². The molecule has 0 aliphatic rings. The second kappa shape index (κ2) is 7.08. The lowest BCUT2D eigenvalue weighted by Crippen LogP contribution is -2.31. The van der Waals surface area contributed by atoms with E-state index in [2.05, 4.69) is 66.4 Å². The lowest BCUT2D eigenvalue weighted by Gasteiger charge is -2.26. The number of rotatable bonds is 6. The van der Waals surface area contributed by atoms with E-state index in [-0.39, 0.29) is 0 Å². The first-order valence-electron chi connectivity index (χ1n) is 6.15. The lowest BCUT2D eigenvalue weighted by atomic mass is 9.87. The van der Waals surface area contributed by atoms with E-state index in [1.165, 1.54) is 24.8 Å². The average Bonchev–Trinajstić information content (AvgIpc) is 2.31. The number of likely N-dealkylation sites (N-methyl/N-ethyl adjacent to an activating group) is 1. The lowest BCUT2D eigenvalue weighted by molar-refractivity contribution is 0.422. The predicted octanol–water partition coefficient (Wildman–Crippen LogP) is 4.33. The molecule has 0 saturated heterocycles. The Morgan fingerprint density at radius 2 is 1.81 bits per heavy atom. The van der Waals surface area contributed by atoms with Gasteiger partial charge in [0, 0.05) is 10.5 Å². The molecule has 0 aliphatic heterocycles. The Labute approximate surface area is 108 Å². The van der Waals surface area contributed by atoms with E-state index in [1.807, 2.05) is 0 Å². The van der Waals surface area contributed by atoms with Crippen LogP contribution in [-0.4, -0.2) is 13.1 Å². The van der Waals surface area contributed by atoms with Crippen LogP contribution in [0.1, 0.15) is 44.6 Å². The molecule has 16 heavy (non-hydrogen) atoms. The van der Waals surface area contributed by atoms with Crippen molar-refractivity contribution in [3.63, 3.8) is 0 Å². The molecule has 2 unspecified atom stereocenters. The van der Waals surface area contributed by atoms with Gasteiger partial charge in [0.2, 0.25) is 0 Å². The van der Waals surface area contributed by atoms with E-state index in [9.17, 15) is 0 Å². The summed E-state index contributed by atoms with van der Waals surface area (Å²) >= 11 is 3.49. The molecule has 0 fully saturated rings. The summed E-state index contributed by atoms with van der Waals surface area (Å²) in [5.74, 6) is 0.623. The molecule has 1 rings (SSSR count). The van der Waals surface area contributed by atoms with E-state index in [4.69, 9.17) is 0 Å². The molecule has 0 heterocycles. The van der Waals surface area contributed by atoms with Gasteiger partial charge in [0.15, 0.2) is 0 Å². The van der Waals surface area contributed by atoms with Crippen LogP contribution in [0.3, 0.4) is 0 Å². The molecule has 2 atom stereocenters. The van der Waals surface area contributed by atoms with Crippen LogP contribution in [0.15, 0.2) is 28.7 Å². The van der Waals surface area contributed by atoms with Crippen molar-refractivity contribution in [2.24, 2.45) is 0 Å². The van der Waals surface area contributed by atoms with Gasteiger partial charge in [-0.3, -0.25) is 0 Å². The van der Waals surface area contributed by atoms with Crippen LogP contribution < -0.4 is 5.32 Å². The molecule has 0 radical (unpaired) electrons. The highest BCUT2D eigenvalue weighted by Gasteiger charge is 2.18. The zero-order valence-electron chi connectivity index (χ0n) is 10.5. The molecule has 1 aromatic carbocycles. The normalized spacial score (nSPS) is 14.8. The number of halogens is 1. The Balaban J connectivity index is 2.83. The van der Waals surface area contributed by atoms with Gasteiger partial charge in [-0.05, 0) is 43.5 Å². The van der Waals surface area contributed by atoms with Crippen molar-refractivity contribution in [3.8, 4) is 0 Å². The van der Waals surface area contributed by atoms with E-state index < -0.39 is 0 Å². The molecule has 0 aliphatic carbocycles. The third-order valence-electron chi connectivity index (χ3n) is 3.19. The first kappa shape index (κ1) is 13.7. The maximum Gasteiger partial charge on any atom is 0.0175 e. The molecule has 1 nitrogen and oxygen atoms in total. The summed E-state index contributed by atoms with van der Waals surface area (Å²) in [5, 5.41) is 3.46. The molecule has 0 bridgehead atoms. The van der Waals surface area contributed by atoms with Gasteiger partial charge in [-0.25, -0.2) is 0 Å². The van der Waals surface area contributed by atoms with Crippen LogP contribution in [0.2, 0.25) is 0 Å². The zero-order chi connectivity index (χ0) is 12.0. The summed E-state index contributed by atoms with van der Waals surface area (Å²) < 4.78 is 1.16. The number of hydrogen-bond acceptors (Lipinski definition) is 1. The van der Waals surface area contributed by atoms with Crippen molar-refractivity contribution in [2.75, 3.05) is 7.05 Å². The van der Waals surface area contributed by atoms with E-state index in [1.54, 1.807) is 0 Å². The van der Waals surface area contributed by atoms with Crippen LogP contribution >= 0.6 is 15.9 Å². The van der Waals surface area contributed by atoms with Gasteiger partial charge < -0.3 is 5.32 Å². The maximum atomic E-state index is 3.49.